The van der Waals surface area contributed by atoms with Crippen molar-refractivity contribution in [1.82, 2.24) is 9.88 Å². The van der Waals surface area contributed by atoms with E-state index in [0.717, 1.165) is 12.8 Å². The molecule has 0 radical (unpaired) electrons. The normalized spacial score (nSPS) is 21.8. The Morgan fingerprint density at radius 3 is 2.91 bits per heavy atom. The molecule has 0 N–H and O–H groups in total. The van der Waals surface area contributed by atoms with Gasteiger partial charge in [-0.2, -0.15) is 0 Å². The van der Waals surface area contributed by atoms with Crippen LogP contribution < -0.4 is 0 Å². The number of hydrogen-bond acceptors (Lipinski definition) is 4. The number of methoxy groups -OCH3 is 1. The van der Waals surface area contributed by atoms with Gasteiger partial charge in [0.05, 0.1) is 6.10 Å². The minimum Gasteiger partial charge on any atom is -0.451 e. The predicted octanol–water partition coefficient (Wildman–Crippen LogP) is 2.39. The first-order chi connectivity index (χ1) is 10.8. The van der Waals surface area contributed by atoms with Crippen molar-refractivity contribution in [3.05, 3.63) is 54.2 Å². The molecule has 2 atom stereocenters. The summed E-state index contributed by atoms with van der Waals surface area (Å²) in [4.78, 5) is 18.2. The van der Waals surface area contributed by atoms with Crippen molar-refractivity contribution < 1.29 is 13.9 Å². The number of ether oxygens (including phenoxy) is 1. The van der Waals surface area contributed by atoms with Crippen molar-refractivity contribution in [3.8, 4) is 0 Å². The molecule has 1 amide bonds. The standard InChI is InChI=1S/C17H20N2O3/c1-21-16-7-8-19(17(20)15-11-22-12-18-15)10-14(16)9-13-5-3-2-4-6-13/h2-6,11-12,14,16H,7-10H2,1H3/t14-,16-/m0/s1. The summed E-state index contributed by atoms with van der Waals surface area (Å²) in [5.41, 5.74) is 1.64. The van der Waals surface area contributed by atoms with Crippen LogP contribution in [0.2, 0.25) is 0 Å². The van der Waals surface area contributed by atoms with E-state index in [1.165, 1.54) is 18.2 Å². The average molecular weight is 300 g/mol. The molecule has 0 aliphatic carbocycles. The van der Waals surface area contributed by atoms with E-state index in [4.69, 9.17) is 9.15 Å². The van der Waals surface area contributed by atoms with Gasteiger partial charge in [-0.25, -0.2) is 4.98 Å². The smallest absolute Gasteiger partial charge is 0.275 e. The molecule has 2 aromatic rings. The molecule has 0 unspecified atom stereocenters. The maximum absolute atomic E-state index is 12.4. The molecular formula is C17H20N2O3. The fourth-order valence-corrected chi connectivity index (χ4v) is 3.10. The first kappa shape index (κ1) is 14.8. The van der Waals surface area contributed by atoms with Crippen LogP contribution in [-0.4, -0.2) is 42.1 Å². The Morgan fingerprint density at radius 1 is 1.41 bits per heavy atom. The van der Waals surface area contributed by atoms with E-state index in [1.807, 2.05) is 23.1 Å². The van der Waals surface area contributed by atoms with Gasteiger partial charge in [-0.1, -0.05) is 30.3 Å². The van der Waals surface area contributed by atoms with Crippen molar-refractivity contribution in [1.29, 1.82) is 0 Å². The lowest BCUT2D eigenvalue weighted by Gasteiger charge is -2.37. The van der Waals surface area contributed by atoms with Gasteiger partial charge >= 0.3 is 0 Å². The van der Waals surface area contributed by atoms with Crippen molar-refractivity contribution in [2.75, 3.05) is 20.2 Å². The highest BCUT2D eigenvalue weighted by molar-refractivity contribution is 5.91. The number of carbonyl (C=O) groups excluding carboxylic acids is 1. The number of aromatic nitrogens is 1. The first-order valence-electron chi connectivity index (χ1n) is 7.52. The quantitative estimate of drug-likeness (QED) is 0.870. The Bertz CT molecular complexity index is 598. The van der Waals surface area contributed by atoms with Gasteiger partial charge < -0.3 is 14.1 Å². The Hall–Kier alpha value is -2.14. The van der Waals surface area contributed by atoms with Crippen LogP contribution >= 0.6 is 0 Å². The zero-order chi connectivity index (χ0) is 15.4. The molecule has 0 spiro atoms. The van der Waals surface area contributed by atoms with Crippen LogP contribution in [0.3, 0.4) is 0 Å². The van der Waals surface area contributed by atoms with Crippen LogP contribution in [0.5, 0.6) is 0 Å². The SMILES string of the molecule is CO[C@H]1CCN(C(=O)c2cocn2)C[C@@H]1Cc1ccccc1. The summed E-state index contributed by atoms with van der Waals surface area (Å²) < 4.78 is 10.5. The number of oxazole rings is 1. The summed E-state index contributed by atoms with van der Waals surface area (Å²) in [6, 6.07) is 10.3. The van der Waals surface area contributed by atoms with Gasteiger partial charge in [0, 0.05) is 26.1 Å². The summed E-state index contributed by atoms with van der Waals surface area (Å²) in [6.45, 7) is 1.37. The molecule has 1 aliphatic heterocycles. The van der Waals surface area contributed by atoms with Crippen LogP contribution in [0.4, 0.5) is 0 Å². The number of likely N-dealkylation sites (tertiary alicyclic amines) is 1. The number of carbonyl (C=O) groups is 1. The van der Waals surface area contributed by atoms with E-state index in [0.29, 0.717) is 18.8 Å². The number of hydrogen-bond donors (Lipinski definition) is 0. The zero-order valence-corrected chi connectivity index (χ0v) is 12.6. The Morgan fingerprint density at radius 2 is 2.23 bits per heavy atom. The van der Waals surface area contributed by atoms with E-state index in [2.05, 4.69) is 17.1 Å². The molecule has 5 heteroatoms. The summed E-state index contributed by atoms with van der Waals surface area (Å²) in [6.07, 6.45) is 4.62. The van der Waals surface area contributed by atoms with Crippen molar-refractivity contribution in [2.24, 2.45) is 5.92 Å². The first-order valence-corrected chi connectivity index (χ1v) is 7.52. The molecule has 5 nitrogen and oxygen atoms in total. The monoisotopic (exact) mass is 300 g/mol. The van der Waals surface area contributed by atoms with Crippen molar-refractivity contribution >= 4 is 5.91 Å². The molecule has 3 rings (SSSR count). The van der Waals surface area contributed by atoms with Crippen LogP contribution in [0.1, 0.15) is 22.5 Å². The molecule has 22 heavy (non-hydrogen) atoms. The Balaban J connectivity index is 1.71. The predicted molar refractivity (Wildman–Crippen MR) is 81.5 cm³/mol. The van der Waals surface area contributed by atoms with Gasteiger partial charge in [0.1, 0.15) is 6.26 Å². The van der Waals surface area contributed by atoms with Gasteiger partial charge in [-0.15, -0.1) is 0 Å². The fraction of sp³-hybridized carbons (Fsp3) is 0.412. The van der Waals surface area contributed by atoms with Crippen LogP contribution in [-0.2, 0) is 11.2 Å². The topological polar surface area (TPSA) is 55.6 Å². The highest BCUT2D eigenvalue weighted by Crippen LogP contribution is 2.24. The minimum atomic E-state index is -0.0682. The molecule has 1 saturated heterocycles. The number of nitrogens with zero attached hydrogens (tertiary/aromatic N) is 2. The summed E-state index contributed by atoms with van der Waals surface area (Å²) in [5.74, 6) is 0.221. The summed E-state index contributed by atoms with van der Waals surface area (Å²) in [7, 11) is 1.75. The lowest BCUT2D eigenvalue weighted by molar-refractivity contribution is -0.00317. The zero-order valence-electron chi connectivity index (χ0n) is 12.6. The van der Waals surface area contributed by atoms with Gasteiger partial charge in [0.25, 0.3) is 5.91 Å². The maximum atomic E-state index is 12.4. The lowest BCUT2D eigenvalue weighted by atomic mass is 9.88. The molecular weight excluding hydrogens is 280 g/mol. The van der Waals surface area contributed by atoms with Crippen LogP contribution in [0, 0.1) is 5.92 Å². The maximum Gasteiger partial charge on any atom is 0.275 e. The van der Waals surface area contributed by atoms with Gasteiger partial charge in [-0.05, 0) is 18.4 Å². The van der Waals surface area contributed by atoms with E-state index in [-0.39, 0.29) is 17.9 Å². The largest absolute Gasteiger partial charge is 0.451 e. The highest BCUT2D eigenvalue weighted by atomic mass is 16.5. The van der Waals surface area contributed by atoms with E-state index in [1.54, 1.807) is 7.11 Å². The second-order valence-corrected chi connectivity index (χ2v) is 5.64. The third-order valence-electron chi connectivity index (χ3n) is 4.25. The van der Waals surface area contributed by atoms with E-state index >= 15 is 0 Å². The van der Waals surface area contributed by atoms with Crippen LogP contribution in [0.15, 0.2) is 47.4 Å². The fourth-order valence-electron chi connectivity index (χ4n) is 3.10. The Labute approximate surface area is 129 Å². The third kappa shape index (κ3) is 3.20. The number of amides is 1. The summed E-state index contributed by atoms with van der Waals surface area (Å²) in [5, 5.41) is 0. The third-order valence-corrected chi connectivity index (χ3v) is 4.25. The second-order valence-electron chi connectivity index (χ2n) is 5.64. The summed E-state index contributed by atoms with van der Waals surface area (Å²) >= 11 is 0. The Kier molecular flexibility index (Phi) is 4.53. The van der Waals surface area contributed by atoms with Gasteiger partial charge in [0.15, 0.2) is 12.1 Å². The number of piperidine rings is 1. The number of rotatable bonds is 4. The molecule has 2 heterocycles. The van der Waals surface area contributed by atoms with Crippen molar-refractivity contribution in [2.45, 2.75) is 18.9 Å². The molecule has 0 bridgehead atoms. The molecule has 1 aliphatic rings. The van der Waals surface area contributed by atoms with Crippen LogP contribution in [0.25, 0.3) is 0 Å². The number of benzene rings is 1. The average Bonchev–Trinajstić information content (AvgIpc) is 3.09. The van der Waals surface area contributed by atoms with Gasteiger partial charge in [-0.3, -0.25) is 4.79 Å². The molecule has 1 aromatic carbocycles. The molecule has 116 valence electrons. The van der Waals surface area contributed by atoms with E-state index in [9.17, 15) is 4.79 Å². The molecule has 1 fully saturated rings. The lowest BCUT2D eigenvalue weighted by Crippen LogP contribution is -2.47. The second kappa shape index (κ2) is 6.75. The highest BCUT2D eigenvalue weighted by Gasteiger charge is 2.32. The molecule has 1 aromatic heterocycles. The van der Waals surface area contributed by atoms with Crippen molar-refractivity contribution in [3.63, 3.8) is 0 Å². The van der Waals surface area contributed by atoms with E-state index < -0.39 is 0 Å². The minimum absolute atomic E-state index is 0.0682. The molecule has 0 saturated carbocycles. The van der Waals surface area contributed by atoms with Gasteiger partial charge in [0.2, 0.25) is 0 Å².